The largest absolute Gasteiger partial charge is 0.477 e. The summed E-state index contributed by atoms with van der Waals surface area (Å²) in [6.07, 6.45) is 2.73. The number of carbonyl (C=O) groups is 3. The zero-order valence-corrected chi connectivity index (χ0v) is 14.5. The second kappa shape index (κ2) is 7.63. The van der Waals surface area contributed by atoms with Gasteiger partial charge in [0.2, 0.25) is 0 Å². The van der Waals surface area contributed by atoms with Crippen LogP contribution in [0, 0.1) is 0 Å². The minimum Gasteiger partial charge on any atom is -0.477 e. The molecule has 0 spiro atoms. The summed E-state index contributed by atoms with van der Waals surface area (Å²) >= 11 is 1.65. The molecule has 138 valence electrons. The van der Waals surface area contributed by atoms with Crippen LogP contribution in [0.5, 0.6) is 0 Å². The highest BCUT2D eigenvalue weighted by Gasteiger charge is 2.42. The van der Waals surface area contributed by atoms with Gasteiger partial charge in [-0.15, -0.1) is 11.8 Å². The first kappa shape index (κ1) is 18.0. The number of hydrogen-bond donors (Lipinski definition) is 4. The summed E-state index contributed by atoms with van der Waals surface area (Å²) in [6, 6.07) is -0.426. The molecule has 1 unspecified atom stereocenters. The number of carboxylic acids is 1. The van der Waals surface area contributed by atoms with E-state index in [9.17, 15) is 19.5 Å². The van der Waals surface area contributed by atoms with Crippen molar-refractivity contribution in [2.75, 3.05) is 26.3 Å². The van der Waals surface area contributed by atoms with Gasteiger partial charge in [0.1, 0.15) is 12.3 Å². The van der Waals surface area contributed by atoms with Crippen molar-refractivity contribution in [1.82, 2.24) is 15.5 Å². The van der Waals surface area contributed by atoms with Crippen molar-refractivity contribution in [2.45, 2.75) is 36.6 Å². The third-order valence-corrected chi connectivity index (χ3v) is 5.96. The van der Waals surface area contributed by atoms with Gasteiger partial charge in [0.05, 0.1) is 6.61 Å². The Morgan fingerprint density at radius 3 is 2.88 bits per heavy atom. The van der Waals surface area contributed by atoms with E-state index in [0.29, 0.717) is 18.3 Å². The Morgan fingerprint density at radius 1 is 1.44 bits per heavy atom. The predicted octanol–water partition coefficient (Wildman–Crippen LogP) is -0.564. The Kier molecular flexibility index (Phi) is 5.50. The number of nitrogens with two attached hydrogens (primary N) is 1. The third kappa shape index (κ3) is 4.25. The van der Waals surface area contributed by atoms with Crippen LogP contribution in [-0.2, 0) is 14.3 Å². The molecule has 5 N–H and O–H groups in total. The van der Waals surface area contributed by atoms with E-state index in [-0.39, 0.29) is 17.9 Å². The molecule has 10 heteroatoms. The van der Waals surface area contributed by atoms with Crippen molar-refractivity contribution < 1.29 is 24.2 Å². The first-order chi connectivity index (χ1) is 11.9. The van der Waals surface area contributed by atoms with E-state index in [1.807, 2.05) is 10.2 Å². The molecule has 2 fully saturated rings. The van der Waals surface area contributed by atoms with Crippen LogP contribution in [0.1, 0.15) is 19.3 Å². The van der Waals surface area contributed by atoms with Gasteiger partial charge in [-0.05, 0) is 12.8 Å². The molecule has 0 aromatic carbocycles. The number of fused-ring (bicyclic) bond motifs is 1. The van der Waals surface area contributed by atoms with Crippen LogP contribution >= 0.6 is 11.8 Å². The first-order valence-corrected chi connectivity index (χ1v) is 9.12. The fraction of sp³-hybridized carbons (Fsp3) is 0.667. The van der Waals surface area contributed by atoms with Crippen LogP contribution in [0.2, 0.25) is 0 Å². The van der Waals surface area contributed by atoms with Crippen molar-refractivity contribution >= 4 is 29.7 Å². The molecule has 0 radical (unpaired) electrons. The van der Waals surface area contributed by atoms with E-state index in [0.717, 1.165) is 37.3 Å². The molecule has 2 saturated heterocycles. The number of primary amides is 1. The standard InChI is InChI=1S/C15H22N4O5S/c16-15(23)18-12(20)7-24-6-8-3-10(5-17-8)25-11-4-9-1-2-19(9)13(11)14(21)22/h8-10,17H,1-7H2,(H,21,22)(H3,16,18,20,23)/t8-,9?,10-/m0/s1. The van der Waals surface area contributed by atoms with Crippen molar-refractivity contribution in [2.24, 2.45) is 5.73 Å². The molecule has 25 heavy (non-hydrogen) atoms. The molecule has 0 aromatic heterocycles. The van der Waals surface area contributed by atoms with E-state index in [1.54, 1.807) is 11.8 Å². The number of rotatable bonds is 7. The van der Waals surface area contributed by atoms with Crippen LogP contribution in [-0.4, -0.2) is 71.6 Å². The molecule has 3 heterocycles. The lowest BCUT2D eigenvalue weighted by atomic mass is 10.0. The number of imide groups is 1. The number of aliphatic carboxylic acids is 1. The summed E-state index contributed by atoms with van der Waals surface area (Å²) in [5, 5.41) is 15.0. The second-order valence-electron chi connectivity index (χ2n) is 6.43. The van der Waals surface area contributed by atoms with Crippen LogP contribution in [0.15, 0.2) is 10.6 Å². The van der Waals surface area contributed by atoms with Crippen molar-refractivity contribution in [3.05, 3.63) is 10.6 Å². The van der Waals surface area contributed by atoms with Gasteiger partial charge in [0.15, 0.2) is 0 Å². The van der Waals surface area contributed by atoms with E-state index in [4.69, 9.17) is 10.5 Å². The zero-order valence-electron chi connectivity index (χ0n) is 13.7. The topological polar surface area (TPSA) is 134 Å². The van der Waals surface area contributed by atoms with Crippen LogP contribution in [0.25, 0.3) is 0 Å². The van der Waals surface area contributed by atoms with Gasteiger partial charge >= 0.3 is 12.0 Å². The van der Waals surface area contributed by atoms with E-state index < -0.39 is 17.9 Å². The van der Waals surface area contributed by atoms with Gasteiger partial charge in [-0.1, -0.05) is 0 Å². The summed E-state index contributed by atoms with van der Waals surface area (Å²) in [6.45, 7) is 1.74. The Balaban J connectivity index is 1.43. The SMILES string of the molecule is NC(=O)NC(=O)COC[C@@H]1C[C@H](SC2=C(C(=O)O)N3CCC3C2)CN1. The number of ether oxygens (including phenoxy) is 1. The summed E-state index contributed by atoms with van der Waals surface area (Å²) in [4.78, 5) is 36.3. The van der Waals surface area contributed by atoms with Crippen LogP contribution < -0.4 is 16.4 Å². The molecule has 3 amide bonds. The van der Waals surface area contributed by atoms with Gasteiger partial charge in [-0.25, -0.2) is 9.59 Å². The highest BCUT2D eigenvalue weighted by molar-refractivity contribution is 8.03. The highest BCUT2D eigenvalue weighted by Crippen LogP contribution is 2.44. The molecule has 3 aliphatic rings. The van der Waals surface area contributed by atoms with Crippen LogP contribution in [0.4, 0.5) is 4.79 Å². The fourth-order valence-electron chi connectivity index (χ4n) is 3.43. The number of nitrogens with one attached hydrogen (secondary N) is 2. The fourth-order valence-corrected chi connectivity index (χ4v) is 4.95. The number of carbonyl (C=O) groups excluding carboxylic acids is 2. The normalized spacial score (nSPS) is 27.8. The smallest absolute Gasteiger partial charge is 0.353 e. The molecule has 3 atom stereocenters. The number of thioether (sulfide) groups is 1. The van der Waals surface area contributed by atoms with Gasteiger partial charge in [0.25, 0.3) is 5.91 Å². The average Bonchev–Trinajstić information content (AvgIpc) is 3.03. The molecular weight excluding hydrogens is 348 g/mol. The third-order valence-electron chi connectivity index (χ3n) is 4.62. The first-order valence-electron chi connectivity index (χ1n) is 8.24. The predicted molar refractivity (Wildman–Crippen MR) is 90.7 cm³/mol. The molecule has 3 rings (SSSR count). The van der Waals surface area contributed by atoms with Gasteiger partial charge in [-0.2, -0.15) is 0 Å². The molecule has 0 saturated carbocycles. The Bertz CT molecular complexity index is 611. The van der Waals surface area contributed by atoms with E-state index in [1.165, 1.54) is 0 Å². The maximum Gasteiger partial charge on any atom is 0.353 e. The minimum atomic E-state index is -0.896. The average molecular weight is 370 g/mol. The van der Waals surface area contributed by atoms with Gasteiger partial charge in [0, 0.05) is 41.7 Å². The van der Waals surface area contributed by atoms with Crippen molar-refractivity contribution in [1.29, 1.82) is 0 Å². The summed E-state index contributed by atoms with van der Waals surface area (Å²) in [5.41, 5.74) is 5.32. The molecule has 9 nitrogen and oxygen atoms in total. The second-order valence-corrected chi connectivity index (χ2v) is 7.82. The number of urea groups is 1. The molecule has 3 aliphatic heterocycles. The minimum absolute atomic E-state index is 0.103. The quantitative estimate of drug-likeness (QED) is 0.468. The maximum atomic E-state index is 11.5. The number of hydrogen-bond acceptors (Lipinski definition) is 7. The molecule has 0 aliphatic carbocycles. The number of nitrogens with zero attached hydrogens (tertiary/aromatic N) is 1. The summed E-state index contributed by atoms with van der Waals surface area (Å²) in [5.74, 6) is -1.40. The van der Waals surface area contributed by atoms with E-state index in [2.05, 4.69) is 5.32 Å². The lowest BCUT2D eigenvalue weighted by Gasteiger charge is -2.37. The van der Waals surface area contributed by atoms with Crippen LogP contribution in [0.3, 0.4) is 0 Å². The molecular formula is C15H22N4O5S. The number of carboxylic acid groups (broad SMARTS) is 1. The molecule has 0 aromatic rings. The Morgan fingerprint density at radius 2 is 2.24 bits per heavy atom. The van der Waals surface area contributed by atoms with Gasteiger partial charge < -0.3 is 25.8 Å². The zero-order chi connectivity index (χ0) is 18.0. The monoisotopic (exact) mass is 370 g/mol. The molecule has 0 bridgehead atoms. The Hall–Kier alpha value is -1.78. The summed E-state index contributed by atoms with van der Waals surface area (Å²) < 4.78 is 5.30. The highest BCUT2D eigenvalue weighted by atomic mass is 32.2. The maximum absolute atomic E-state index is 11.5. The summed E-state index contributed by atoms with van der Waals surface area (Å²) in [7, 11) is 0. The number of amides is 3. The lowest BCUT2D eigenvalue weighted by molar-refractivity contribution is -0.135. The Labute approximate surface area is 149 Å². The van der Waals surface area contributed by atoms with Crippen molar-refractivity contribution in [3.63, 3.8) is 0 Å². The van der Waals surface area contributed by atoms with Crippen molar-refractivity contribution in [3.8, 4) is 0 Å². The van der Waals surface area contributed by atoms with E-state index >= 15 is 0 Å². The van der Waals surface area contributed by atoms with Gasteiger partial charge in [-0.3, -0.25) is 10.1 Å². The lowest BCUT2D eigenvalue weighted by Crippen LogP contribution is -2.44.